The molecule has 2 rings (SSSR count). The van der Waals surface area contributed by atoms with Crippen LogP contribution in [0.2, 0.25) is 0 Å². The first-order valence-corrected chi connectivity index (χ1v) is 5.24. The third kappa shape index (κ3) is 2.72. The summed E-state index contributed by atoms with van der Waals surface area (Å²) in [6.45, 7) is 0.627. The minimum absolute atomic E-state index is 0.146. The van der Waals surface area contributed by atoms with E-state index >= 15 is 0 Å². The van der Waals surface area contributed by atoms with E-state index in [1.165, 1.54) is 18.3 Å². The lowest BCUT2D eigenvalue weighted by molar-refractivity contribution is 0.287. The summed E-state index contributed by atoms with van der Waals surface area (Å²) in [6.07, 6.45) is 3.07. The fourth-order valence-electron chi connectivity index (χ4n) is 1.73. The van der Waals surface area contributed by atoms with Crippen LogP contribution in [0.15, 0.2) is 22.3 Å². The minimum Gasteiger partial charge on any atom is -0.493 e. The van der Waals surface area contributed by atoms with Gasteiger partial charge in [-0.25, -0.2) is 4.39 Å². The van der Waals surface area contributed by atoms with Crippen molar-refractivity contribution in [3.63, 3.8) is 0 Å². The van der Waals surface area contributed by atoms with Crippen LogP contribution in [0.3, 0.4) is 0 Å². The Hall–Kier alpha value is -2.11. The number of hydrogen-bond donors (Lipinski definition) is 2. The Balaban J connectivity index is 2.36. The van der Waals surface area contributed by atoms with Crippen molar-refractivity contribution < 1.29 is 9.13 Å². The molecule has 0 saturated carbocycles. The average molecular weight is 236 g/mol. The number of fused-ring (bicyclic) bond motifs is 1. The molecule has 4 N–H and O–H groups in total. The van der Waals surface area contributed by atoms with E-state index in [0.717, 1.165) is 18.4 Å². The molecule has 0 radical (unpaired) electrons. The minimum atomic E-state index is -0.319. The van der Waals surface area contributed by atoms with Crippen LogP contribution in [0.4, 0.5) is 4.39 Å². The first kappa shape index (κ1) is 11.4. The maximum atomic E-state index is 13.3. The summed E-state index contributed by atoms with van der Waals surface area (Å²) >= 11 is 0. The van der Waals surface area contributed by atoms with Crippen molar-refractivity contribution in [3.8, 4) is 5.75 Å². The molecule has 5 nitrogen and oxygen atoms in total. The van der Waals surface area contributed by atoms with Gasteiger partial charge in [-0.05, 0) is 30.5 Å². The second-order valence-corrected chi connectivity index (χ2v) is 3.70. The van der Waals surface area contributed by atoms with Crippen LogP contribution >= 0.6 is 0 Å². The predicted octanol–water partition coefficient (Wildman–Crippen LogP) is 0.758. The first-order valence-electron chi connectivity index (χ1n) is 5.24. The first-order chi connectivity index (χ1) is 8.16. The van der Waals surface area contributed by atoms with Crippen molar-refractivity contribution in [2.45, 2.75) is 12.8 Å². The number of rotatable bonds is 2. The van der Waals surface area contributed by atoms with Crippen molar-refractivity contribution in [2.75, 3.05) is 6.61 Å². The quantitative estimate of drug-likeness (QED) is 0.451. The highest BCUT2D eigenvalue weighted by Crippen LogP contribution is 2.29. The molecular formula is C11H13FN4O. The Morgan fingerprint density at radius 2 is 2.24 bits per heavy atom. The molecule has 0 aromatic heterocycles. The van der Waals surface area contributed by atoms with E-state index in [2.05, 4.69) is 10.2 Å². The standard InChI is InChI=1S/C11H13FN4O/c12-9-4-7-2-1-3-17-10(7)8(5-9)6-15-16-11(13)14/h4-6H,1-3H2,(H4,13,14,16). The molecule has 0 bridgehead atoms. The lowest BCUT2D eigenvalue weighted by Crippen LogP contribution is -2.21. The fraction of sp³-hybridized carbons (Fsp3) is 0.273. The second kappa shape index (κ2) is 4.82. The number of ether oxygens (including phenoxy) is 1. The van der Waals surface area contributed by atoms with Crippen molar-refractivity contribution in [3.05, 3.63) is 29.1 Å². The highest BCUT2D eigenvalue weighted by Gasteiger charge is 2.15. The molecular weight excluding hydrogens is 223 g/mol. The van der Waals surface area contributed by atoms with Gasteiger partial charge in [-0.3, -0.25) is 0 Å². The largest absolute Gasteiger partial charge is 0.493 e. The summed E-state index contributed by atoms with van der Waals surface area (Å²) in [7, 11) is 0. The van der Waals surface area contributed by atoms with Gasteiger partial charge >= 0.3 is 0 Å². The van der Waals surface area contributed by atoms with Crippen LogP contribution in [0.1, 0.15) is 17.5 Å². The molecule has 1 aliphatic rings. The van der Waals surface area contributed by atoms with Crippen LogP contribution in [-0.2, 0) is 6.42 Å². The van der Waals surface area contributed by atoms with Crippen molar-refractivity contribution >= 4 is 12.2 Å². The van der Waals surface area contributed by atoms with Crippen LogP contribution in [0, 0.1) is 5.82 Å². The normalized spacial score (nSPS) is 14.2. The number of benzene rings is 1. The fourth-order valence-corrected chi connectivity index (χ4v) is 1.73. The molecule has 0 spiro atoms. The summed E-state index contributed by atoms with van der Waals surface area (Å²) in [5.41, 5.74) is 11.7. The highest BCUT2D eigenvalue weighted by atomic mass is 19.1. The van der Waals surface area contributed by atoms with Gasteiger partial charge in [0.15, 0.2) is 0 Å². The maximum absolute atomic E-state index is 13.3. The van der Waals surface area contributed by atoms with Crippen LogP contribution in [-0.4, -0.2) is 18.8 Å². The molecule has 1 aliphatic heterocycles. The summed E-state index contributed by atoms with van der Waals surface area (Å²) in [5, 5.41) is 7.12. The van der Waals surface area contributed by atoms with E-state index in [9.17, 15) is 4.39 Å². The van der Waals surface area contributed by atoms with E-state index in [0.29, 0.717) is 17.9 Å². The van der Waals surface area contributed by atoms with Crippen LogP contribution < -0.4 is 16.2 Å². The van der Waals surface area contributed by atoms with Crippen molar-refractivity contribution in [1.29, 1.82) is 0 Å². The molecule has 1 aromatic carbocycles. The molecule has 0 aliphatic carbocycles. The number of halogens is 1. The topological polar surface area (TPSA) is 86.0 Å². The second-order valence-electron chi connectivity index (χ2n) is 3.70. The Morgan fingerprint density at radius 3 is 3.00 bits per heavy atom. The summed E-state index contributed by atoms with van der Waals surface area (Å²) in [6, 6.07) is 2.82. The van der Waals surface area contributed by atoms with Gasteiger partial charge in [-0.15, -0.1) is 5.10 Å². The molecule has 0 unspecified atom stereocenters. The van der Waals surface area contributed by atoms with E-state index < -0.39 is 0 Å². The summed E-state index contributed by atoms with van der Waals surface area (Å²) in [4.78, 5) is 0. The Kier molecular flexibility index (Phi) is 3.22. The SMILES string of the molecule is NC(N)=NN=Cc1cc(F)cc2c1OCCC2. The van der Waals surface area contributed by atoms with E-state index in [1.807, 2.05) is 0 Å². The molecule has 1 aromatic rings. The molecule has 0 fully saturated rings. The monoisotopic (exact) mass is 236 g/mol. The predicted molar refractivity (Wildman–Crippen MR) is 63.6 cm³/mol. The van der Waals surface area contributed by atoms with E-state index in [-0.39, 0.29) is 11.8 Å². The third-order valence-electron chi connectivity index (χ3n) is 2.37. The zero-order valence-electron chi connectivity index (χ0n) is 9.19. The molecule has 17 heavy (non-hydrogen) atoms. The zero-order chi connectivity index (χ0) is 12.3. The van der Waals surface area contributed by atoms with Gasteiger partial charge in [0, 0.05) is 5.56 Å². The number of aryl methyl sites for hydroxylation is 1. The number of nitrogens with zero attached hydrogens (tertiary/aromatic N) is 2. The maximum Gasteiger partial charge on any atom is 0.211 e. The lowest BCUT2D eigenvalue weighted by atomic mass is 10.0. The van der Waals surface area contributed by atoms with Gasteiger partial charge in [0.25, 0.3) is 0 Å². The van der Waals surface area contributed by atoms with E-state index in [1.54, 1.807) is 0 Å². The van der Waals surface area contributed by atoms with Crippen LogP contribution in [0.25, 0.3) is 0 Å². The van der Waals surface area contributed by atoms with Gasteiger partial charge < -0.3 is 16.2 Å². The van der Waals surface area contributed by atoms with Gasteiger partial charge in [0.05, 0.1) is 12.8 Å². The number of guanidine groups is 1. The molecule has 6 heteroatoms. The van der Waals surface area contributed by atoms with Gasteiger partial charge in [0.1, 0.15) is 11.6 Å². The Morgan fingerprint density at radius 1 is 1.41 bits per heavy atom. The number of hydrogen-bond acceptors (Lipinski definition) is 3. The lowest BCUT2D eigenvalue weighted by Gasteiger charge is -2.18. The summed E-state index contributed by atoms with van der Waals surface area (Å²) < 4.78 is 18.8. The molecule has 0 atom stereocenters. The van der Waals surface area contributed by atoms with Crippen molar-refractivity contribution in [2.24, 2.45) is 21.7 Å². The molecule has 0 amide bonds. The molecule has 0 saturated heterocycles. The molecule has 1 heterocycles. The number of nitrogens with two attached hydrogens (primary N) is 2. The van der Waals surface area contributed by atoms with Gasteiger partial charge in [-0.2, -0.15) is 5.10 Å². The Labute approximate surface area is 98.0 Å². The third-order valence-corrected chi connectivity index (χ3v) is 2.37. The van der Waals surface area contributed by atoms with Gasteiger partial charge in [0.2, 0.25) is 5.96 Å². The van der Waals surface area contributed by atoms with Crippen molar-refractivity contribution in [1.82, 2.24) is 0 Å². The molecule has 90 valence electrons. The van der Waals surface area contributed by atoms with E-state index in [4.69, 9.17) is 16.2 Å². The Bertz CT molecular complexity index is 481. The smallest absolute Gasteiger partial charge is 0.211 e. The van der Waals surface area contributed by atoms with Gasteiger partial charge in [-0.1, -0.05) is 0 Å². The average Bonchev–Trinajstić information content (AvgIpc) is 2.28. The zero-order valence-corrected chi connectivity index (χ0v) is 9.19. The van der Waals surface area contributed by atoms with Crippen LogP contribution in [0.5, 0.6) is 5.75 Å². The summed E-state index contributed by atoms with van der Waals surface area (Å²) in [5.74, 6) is 0.194. The highest BCUT2D eigenvalue weighted by molar-refractivity contribution is 5.85.